The first-order valence-corrected chi connectivity index (χ1v) is 14.8. The predicted octanol–water partition coefficient (Wildman–Crippen LogP) is 6.69. The molecular weight excluding hydrogens is 541 g/mol. The molecule has 2 amide bonds. The molecule has 0 aliphatic carbocycles. The Labute approximate surface area is 248 Å². The first kappa shape index (κ1) is 30.1. The maximum absolute atomic E-state index is 12.7. The second-order valence-corrected chi connectivity index (χ2v) is 11.6. The fraction of sp³-hybridized carbons (Fsp3) is 0.394. The van der Waals surface area contributed by atoms with Crippen LogP contribution < -0.4 is 5.32 Å². The van der Waals surface area contributed by atoms with Crippen molar-refractivity contribution in [3.63, 3.8) is 0 Å². The van der Waals surface area contributed by atoms with Crippen molar-refractivity contribution in [2.45, 2.75) is 50.5 Å². The van der Waals surface area contributed by atoms with E-state index in [9.17, 15) is 9.59 Å². The van der Waals surface area contributed by atoms with Gasteiger partial charge in [-0.1, -0.05) is 89.9 Å². The van der Waals surface area contributed by atoms with Crippen LogP contribution in [0.5, 0.6) is 0 Å². The number of hydrogen-bond donors (Lipinski definition) is 1. The monoisotopic (exact) mass is 579 g/mol. The molecule has 212 valence electrons. The van der Waals surface area contributed by atoms with Crippen molar-refractivity contribution in [1.29, 1.82) is 0 Å². The van der Waals surface area contributed by atoms with Crippen molar-refractivity contribution in [3.05, 3.63) is 106 Å². The number of nitrogens with one attached hydrogen (secondary N) is 1. The van der Waals surface area contributed by atoms with E-state index in [2.05, 4.69) is 34.5 Å². The van der Waals surface area contributed by atoms with Crippen molar-refractivity contribution in [2.24, 2.45) is 0 Å². The molecule has 0 saturated carbocycles. The normalized spacial score (nSPS) is 15.8. The number of rotatable bonds is 11. The van der Waals surface area contributed by atoms with Crippen molar-refractivity contribution in [2.75, 3.05) is 33.2 Å². The molecule has 3 aromatic carbocycles. The smallest absolute Gasteiger partial charge is 0.224 e. The van der Waals surface area contributed by atoms with Crippen LogP contribution in [0.15, 0.2) is 78.9 Å². The minimum absolute atomic E-state index is 0.0131. The molecule has 1 atom stereocenters. The van der Waals surface area contributed by atoms with Gasteiger partial charge in [-0.05, 0) is 61.1 Å². The Bertz CT molecular complexity index is 1260. The van der Waals surface area contributed by atoms with E-state index in [1.165, 1.54) is 5.56 Å². The number of hydrogen-bond acceptors (Lipinski definition) is 3. The highest BCUT2D eigenvalue weighted by Gasteiger charge is 2.40. The van der Waals surface area contributed by atoms with E-state index in [1.807, 2.05) is 66.5 Å². The van der Waals surface area contributed by atoms with Gasteiger partial charge in [0.25, 0.3) is 0 Å². The Hall–Kier alpha value is -2.86. The number of carbonyl (C=O) groups excluding carboxylic acids is 2. The van der Waals surface area contributed by atoms with E-state index < -0.39 is 0 Å². The van der Waals surface area contributed by atoms with E-state index in [4.69, 9.17) is 23.2 Å². The van der Waals surface area contributed by atoms with Gasteiger partial charge in [0.2, 0.25) is 11.8 Å². The van der Waals surface area contributed by atoms with Crippen LogP contribution in [-0.4, -0.2) is 54.8 Å². The molecule has 1 unspecified atom stereocenters. The average molecular weight is 581 g/mol. The van der Waals surface area contributed by atoms with Crippen LogP contribution in [0.4, 0.5) is 0 Å². The van der Waals surface area contributed by atoms with E-state index in [0.717, 1.165) is 56.4 Å². The van der Waals surface area contributed by atoms with Gasteiger partial charge >= 0.3 is 0 Å². The van der Waals surface area contributed by atoms with Crippen molar-refractivity contribution in [3.8, 4) is 0 Å². The molecule has 1 saturated heterocycles. The highest BCUT2D eigenvalue weighted by molar-refractivity contribution is 6.42. The molecule has 1 heterocycles. The summed E-state index contributed by atoms with van der Waals surface area (Å²) in [5.41, 5.74) is 3.02. The molecule has 3 aromatic rings. The summed E-state index contributed by atoms with van der Waals surface area (Å²) in [6.45, 7) is 5.02. The molecular formula is C33H39Cl2N3O2. The van der Waals surface area contributed by atoms with Crippen molar-refractivity contribution in [1.82, 2.24) is 15.1 Å². The van der Waals surface area contributed by atoms with Gasteiger partial charge in [0.1, 0.15) is 0 Å². The van der Waals surface area contributed by atoms with Gasteiger partial charge in [0.15, 0.2) is 0 Å². The molecule has 1 N–H and O–H groups in total. The summed E-state index contributed by atoms with van der Waals surface area (Å²) >= 11 is 12.5. The van der Waals surface area contributed by atoms with Crippen LogP contribution in [0.1, 0.15) is 55.2 Å². The molecule has 1 aliphatic heterocycles. The molecule has 40 heavy (non-hydrogen) atoms. The lowest BCUT2D eigenvalue weighted by Gasteiger charge is -2.47. The number of amides is 2. The van der Waals surface area contributed by atoms with E-state index in [0.29, 0.717) is 23.0 Å². The number of carbonyl (C=O) groups is 2. The number of halogens is 2. The number of benzene rings is 3. The first-order chi connectivity index (χ1) is 19.3. The Morgan fingerprint density at radius 1 is 0.950 bits per heavy atom. The molecule has 0 radical (unpaired) electrons. The summed E-state index contributed by atoms with van der Waals surface area (Å²) in [6.07, 6.45) is 4.07. The lowest BCUT2D eigenvalue weighted by atomic mass is 9.79. The number of nitrogens with zero attached hydrogens (tertiary/aromatic N) is 2. The molecule has 4 rings (SSSR count). The summed E-state index contributed by atoms with van der Waals surface area (Å²) in [7, 11) is 1.93. The summed E-state index contributed by atoms with van der Waals surface area (Å²) in [6, 6.07) is 26.0. The zero-order valence-electron chi connectivity index (χ0n) is 23.4. The SMILES string of the molecule is CC(=O)N(C)C1(c2ccccc2)CCN(CCCC(CNC(=O)Cc2ccccc2)c2ccc(Cl)c(Cl)c2)CC1. The summed E-state index contributed by atoms with van der Waals surface area (Å²) < 4.78 is 0. The van der Waals surface area contributed by atoms with Gasteiger partial charge in [-0.25, -0.2) is 0 Å². The second kappa shape index (κ2) is 14.2. The Morgan fingerprint density at radius 3 is 2.23 bits per heavy atom. The maximum atomic E-state index is 12.7. The summed E-state index contributed by atoms with van der Waals surface area (Å²) in [4.78, 5) is 29.5. The van der Waals surface area contributed by atoms with Gasteiger partial charge in [-0.15, -0.1) is 0 Å². The number of piperidine rings is 1. The molecule has 1 fully saturated rings. The second-order valence-electron chi connectivity index (χ2n) is 10.8. The number of likely N-dealkylation sites (tertiary alicyclic amines) is 1. The Balaban J connectivity index is 1.36. The van der Waals surface area contributed by atoms with E-state index >= 15 is 0 Å². The van der Waals surface area contributed by atoms with Crippen molar-refractivity contribution >= 4 is 35.0 Å². The fourth-order valence-corrected chi connectivity index (χ4v) is 6.12. The van der Waals surface area contributed by atoms with Gasteiger partial charge < -0.3 is 15.1 Å². The largest absolute Gasteiger partial charge is 0.355 e. The minimum atomic E-state index is -0.269. The highest BCUT2D eigenvalue weighted by Crippen LogP contribution is 2.38. The standard InChI is InChI=1S/C33H39Cl2N3O2/c1-25(39)37(2)33(29-13-7-4-8-14-29)17-20-38(21-18-33)19-9-12-28(27-15-16-30(34)31(35)23-27)24-36-32(40)22-26-10-5-3-6-11-26/h3-8,10-11,13-16,23,28H,9,12,17-22,24H2,1-2H3,(H,36,40). The van der Waals surface area contributed by atoms with Crippen LogP contribution in [0.25, 0.3) is 0 Å². The lowest BCUT2D eigenvalue weighted by molar-refractivity contribution is -0.136. The van der Waals surface area contributed by atoms with Gasteiger partial charge in [-0.2, -0.15) is 0 Å². The molecule has 1 aliphatic rings. The average Bonchev–Trinajstić information content (AvgIpc) is 2.97. The third-order valence-electron chi connectivity index (χ3n) is 8.30. The van der Waals surface area contributed by atoms with Crippen LogP contribution in [0.3, 0.4) is 0 Å². The Morgan fingerprint density at radius 2 is 1.60 bits per heavy atom. The fourth-order valence-electron chi connectivity index (χ4n) is 5.81. The maximum Gasteiger partial charge on any atom is 0.224 e. The third kappa shape index (κ3) is 7.66. The molecule has 0 spiro atoms. The van der Waals surface area contributed by atoms with Crippen molar-refractivity contribution < 1.29 is 9.59 Å². The van der Waals surface area contributed by atoms with E-state index in [1.54, 1.807) is 6.92 Å². The third-order valence-corrected chi connectivity index (χ3v) is 9.04. The minimum Gasteiger partial charge on any atom is -0.355 e. The van der Waals surface area contributed by atoms with Gasteiger partial charge in [0, 0.05) is 39.5 Å². The molecule has 5 nitrogen and oxygen atoms in total. The highest BCUT2D eigenvalue weighted by atomic mass is 35.5. The van der Waals surface area contributed by atoms with Gasteiger partial charge in [0.05, 0.1) is 22.0 Å². The van der Waals surface area contributed by atoms with Crippen LogP contribution in [0.2, 0.25) is 10.0 Å². The zero-order valence-corrected chi connectivity index (χ0v) is 24.9. The molecule has 0 aromatic heterocycles. The lowest BCUT2D eigenvalue weighted by Crippen LogP contribution is -2.53. The molecule has 7 heteroatoms. The molecule has 0 bridgehead atoms. The van der Waals surface area contributed by atoms with Crippen LogP contribution in [-0.2, 0) is 21.5 Å². The summed E-state index contributed by atoms with van der Waals surface area (Å²) in [5, 5.41) is 4.20. The summed E-state index contributed by atoms with van der Waals surface area (Å²) in [5.74, 6) is 0.238. The quantitative estimate of drug-likeness (QED) is 0.275. The van der Waals surface area contributed by atoms with E-state index in [-0.39, 0.29) is 23.3 Å². The van der Waals surface area contributed by atoms with Gasteiger partial charge in [-0.3, -0.25) is 9.59 Å². The topological polar surface area (TPSA) is 52.7 Å². The predicted molar refractivity (Wildman–Crippen MR) is 164 cm³/mol. The zero-order chi connectivity index (χ0) is 28.5. The first-order valence-electron chi connectivity index (χ1n) is 14.1. The van der Waals surface area contributed by atoms with Crippen LogP contribution >= 0.6 is 23.2 Å². The van der Waals surface area contributed by atoms with Crippen LogP contribution in [0, 0.1) is 0 Å². The Kier molecular flexibility index (Phi) is 10.7.